The molecule has 1 unspecified atom stereocenters. The molecule has 1 aliphatic rings. The highest BCUT2D eigenvalue weighted by Crippen LogP contribution is 2.42. The van der Waals surface area contributed by atoms with Gasteiger partial charge in [0.15, 0.2) is 0 Å². The molecule has 0 bridgehead atoms. The number of carbonyl (C=O) groups is 1. The fraction of sp³-hybridized carbons (Fsp3) is 0.875. The highest BCUT2D eigenvalue weighted by atomic mass is 19.3. The van der Waals surface area contributed by atoms with Crippen molar-refractivity contribution in [2.45, 2.75) is 38.5 Å². The van der Waals surface area contributed by atoms with E-state index in [4.69, 9.17) is 0 Å². The maximum Gasteiger partial charge on any atom is 0.249 e. The number of hydrogen-bond donors (Lipinski definition) is 0. The van der Waals surface area contributed by atoms with E-state index < -0.39 is 11.3 Å². The number of alkyl halides is 2. The van der Waals surface area contributed by atoms with E-state index >= 15 is 0 Å². The SMILES string of the molecule is CC1(C=O)CCCC(F)(F)C1. The molecular weight excluding hydrogens is 150 g/mol. The predicted molar refractivity (Wildman–Crippen MR) is 37.6 cm³/mol. The summed E-state index contributed by atoms with van der Waals surface area (Å²) >= 11 is 0. The normalized spacial score (nSPS) is 36.6. The second kappa shape index (κ2) is 2.54. The molecule has 1 nitrogen and oxygen atoms in total. The molecule has 0 N–H and O–H groups in total. The monoisotopic (exact) mass is 162 g/mol. The van der Waals surface area contributed by atoms with Crippen LogP contribution in [0.25, 0.3) is 0 Å². The van der Waals surface area contributed by atoms with E-state index in [-0.39, 0.29) is 12.8 Å². The van der Waals surface area contributed by atoms with E-state index in [0.717, 1.165) is 0 Å². The second-order valence-corrected chi connectivity index (χ2v) is 3.66. The van der Waals surface area contributed by atoms with E-state index in [2.05, 4.69) is 0 Å². The molecule has 0 aromatic heterocycles. The Morgan fingerprint density at radius 3 is 2.36 bits per heavy atom. The van der Waals surface area contributed by atoms with Crippen molar-refractivity contribution in [2.24, 2.45) is 5.41 Å². The average molecular weight is 162 g/mol. The smallest absolute Gasteiger partial charge is 0.249 e. The fourth-order valence-corrected chi connectivity index (χ4v) is 1.62. The minimum absolute atomic E-state index is 0.0591. The molecule has 1 saturated carbocycles. The van der Waals surface area contributed by atoms with Crippen molar-refractivity contribution in [3.05, 3.63) is 0 Å². The van der Waals surface area contributed by atoms with E-state index in [9.17, 15) is 13.6 Å². The average Bonchev–Trinajstić information content (AvgIpc) is 1.85. The van der Waals surface area contributed by atoms with Crippen LogP contribution < -0.4 is 0 Å². The Morgan fingerprint density at radius 1 is 1.36 bits per heavy atom. The highest BCUT2D eigenvalue weighted by Gasteiger charge is 2.42. The lowest BCUT2D eigenvalue weighted by Crippen LogP contribution is -2.34. The number of aldehydes is 1. The minimum atomic E-state index is -2.62. The first-order valence-corrected chi connectivity index (χ1v) is 3.82. The number of hydrogen-bond acceptors (Lipinski definition) is 1. The topological polar surface area (TPSA) is 17.1 Å². The summed E-state index contributed by atoms with van der Waals surface area (Å²) in [5.41, 5.74) is -0.776. The van der Waals surface area contributed by atoms with Crippen LogP contribution in [0, 0.1) is 5.41 Å². The molecule has 0 amide bonds. The summed E-state index contributed by atoms with van der Waals surface area (Å²) in [5, 5.41) is 0. The van der Waals surface area contributed by atoms with Gasteiger partial charge >= 0.3 is 0 Å². The second-order valence-electron chi connectivity index (χ2n) is 3.66. The van der Waals surface area contributed by atoms with Crippen molar-refractivity contribution in [3.8, 4) is 0 Å². The summed E-state index contributed by atoms with van der Waals surface area (Å²) in [4.78, 5) is 10.4. The lowest BCUT2D eigenvalue weighted by atomic mass is 9.75. The number of rotatable bonds is 1. The molecule has 0 heterocycles. The molecule has 0 aromatic carbocycles. The fourth-order valence-electron chi connectivity index (χ4n) is 1.62. The third-order valence-corrected chi connectivity index (χ3v) is 2.24. The van der Waals surface area contributed by atoms with Gasteiger partial charge in [0.25, 0.3) is 0 Å². The molecule has 64 valence electrons. The lowest BCUT2D eigenvalue weighted by molar-refractivity contribution is -0.128. The van der Waals surface area contributed by atoms with Crippen molar-refractivity contribution < 1.29 is 13.6 Å². The van der Waals surface area contributed by atoms with E-state index in [1.165, 1.54) is 0 Å². The first-order valence-electron chi connectivity index (χ1n) is 3.82. The van der Waals surface area contributed by atoms with Crippen molar-refractivity contribution in [3.63, 3.8) is 0 Å². The maximum absolute atomic E-state index is 12.7. The van der Waals surface area contributed by atoms with Gasteiger partial charge in [0.1, 0.15) is 6.29 Å². The zero-order valence-electron chi connectivity index (χ0n) is 6.57. The van der Waals surface area contributed by atoms with Gasteiger partial charge in [0, 0.05) is 18.3 Å². The van der Waals surface area contributed by atoms with Crippen LogP contribution in [0.5, 0.6) is 0 Å². The van der Waals surface area contributed by atoms with Gasteiger partial charge in [-0.05, 0) is 12.8 Å². The van der Waals surface area contributed by atoms with Crippen LogP contribution in [0.3, 0.4) is 0 Å². The summed E-state index contributed by atoms with van der Waals surface area (Å²) < 4.78 is 25.5. The van der Waals surface area contributed by atoms with Crippen LogP contribution >= 0.6 is 0 Å². The standard InChI is InChI=1S/C8H12F2O/c1-7(6-11)3-2-4-8(9,10)5-7/h6H,2-5H2,1H3. The number of carbonyl (C=O) groups excluding carboxylic acids is 1. The van der Waals surface area contributed by atoms with Crippen molar-refractivity contribution >= 4 is 6.29 Å². The first-order chi connectivity index (χ1) is 4.97. The summed E-state index contributed by atoms with van der Waals surface area (Å²) in [6, 6.07) is 0. The Bertz CT molecular complexity index is 167. The quantitative estimate of drug-likeness (QED) is 0.541. The lowest BCUT2D eigenvalue weighted by Gasteiger charge is -2.33. The Hall–Kier alpha value is -0.470. The highest BCUT2D eigenvalue weighted by molar-refractivity contribution is 5.59. The number of halogens is 2. The molecule has 0 aromatic rings. The van der Waals surface area contributed by atoms with Crippen LogP contribution in [0.4, 0.5) is 8.78 Å². The third-order valence-electron chi connectivity index (χ3n) is 2.24. The molecule has 1 fully saturated rings. The van der Waals surface area contributed by atoms with Gasteiger partial charge < -0.3 is 4.79 Å². The van der Waals surface area contributed by atoms with Gasteiger partial charge in [-0.25, -0.2) is 8.78 Å². The van der Waals surface area contributed by atoms with Gasteiger partial charge in [-0.1, -0.05) is 6.92 Å². The molecule has 11 heavy (non-hydrogen) atoms. The van der Waals surface area contributed by atoms with Gasteiger partial charge in [0.2, 0.25) is 5.92 Å². The summed E-state index contributed by atoms with van der Waals surface area (Å²) in [5.74, 6) is -2.62. The molecule has 1 rings (SSSR count). The largest absolute Gasteiger partial charge is 0.303 e. The first kappa shape index (κ1) is 8.62. The predicted octanol–water partition coefficient (Wildman–Crippen LogP) is 2.40. The zero-order chi connectivity index (χ0) is 8.54. The molecule has 0 radical (unpaired) electrons. The van der Waals surface area contributed by atoms with Gasteiger partial charge in [-0.15, -0.1) is 0 Å². The molecule has 3 heteroatoms. The van der Waals surface area contributed by atoms with E-state index in [1.807, 2.05) is 0 Å². The Morgan fingerprint density at radius 2 is 2.00 bits per heavy atom. The third kappa shape index (κ3) is 1.98. The molecule has 1 atom stereocenters. The van der Waals surface area contributed by atoms with Crippen LogP contribution in [-0.2, 0) is 4.79 Å². The van der Waals surface area contributed by atoms with Crippen LogP contribution in [0.1, 0.15) is 32.6 Å². The molecular formula is C8H12F2O. The van der Waals surface area contributed by atoms with Crippen LogP contribution in [0.2, 0.25) is 0 Å². The van der Waals surface area contributed by atoms with Gasteiger partial charge in [-0.3, -0.25) is 0 Å². The van der Waals surface area contributed by atoms with Crippen molar-refractivity contribution in [1.29, 1.82) is 0 Å². The zero-order valence-corrected chi connectivity index (χ0v) is 6.57. The Balaban J connectivity index is 2.66. The van der Waals surface area contributed by atoms with Crippen LogP contribution in [-0.4, -0.2) is 12.2 Å². The van der Waals surface area contributed by atoms with E-state index in [1.54, 1.807) is 6.92 Å². The Kier molecular flexibility index (Phi) is 1.99. The van der Waals surface area contributed by atoms with Gasteiger partial charge in [-0.2, -0.15) is 0 Å². The maximum atomic E-state index is 12.7. The molecule has 0 saturated heterocycles. The van der Waals surface area contributed by atoms with Crippen LogP contribution in [0.15, 0.2) is 0 Å². The van der Waals surface area contributed by atoms with Crippen molar-refractivity contribution in [2.75, 3.05) is 0 Å². The molecule has 0 spiro atoms. The summed E-state index contributed by atoms with van der Waals surface area (Å²) in [7, 11) is 0. The minimum Gasteiger partial charge on any atom is -0.303 e. The Labute approximate surface area is 64.8 Å². The summed E-state index contributed by atoms with van der Waals surface area (Å²) in [6.45, 7) is 1.60. The van der Waals surface area contributed by atoms with Crippen molar-refractivity contribution in [1.82, 2.24) is 0 Å². The molecule has 1 aliphatic carbocycles. The van der Waals surface area contributed by atoms with Gasteiger partial charge in [0.05, 0.1) is 0 Å². The van der Waals surface area contributed by atoms with E-state index in [0.29, 0.717) is 19.1 Å². The molecule has 0 aliphatic heterocycles. The summed E-state index contributed by atoms with van der Waals surface area (Å²) in [6.07, 6.45) is 1.40.